The average Bonchev–Trinajstić information content (AvgIpc) is 2.48. The van der Waals surface area contributed by atoms with Crippen molar-refractivity contribution in [2.75, 3.05) is 33.4 Å². The molecule has 0 aliphatic carbocycles. The number of hydrogen-bond acceptors (Lipinski definition) is 4. The molecule has 2 heterocycles. The molecular formula is C15H20FNO3. The number of hydrogen-bond donors (Lipinski definition) is 1. The third-order valence-corrected chi connectivity index (χ3v) is 3.93. The van der Waals surface area contributed by atoms with Crippen LogP contribution in [0.3, 0.4) is 0 Å². The van der Waals surface area contributed by atoms with Crippen LogP contribution in [0.5, 0.6) is 17.2 Å². The lowest BCUT2D eigenvalue weighted by atomic mass is 9.91. The quantitative estimate of drug-likeness (QED) is 0.921. The maximum Gasteiger partial charge on any atom is 0.169 e. The van der Waals surface area contributed by atoms with Crippen LogP contribution >= 0.6 is 0 Å². The first-order valence-electron chi connectivity index (χ1n) is 7.15. The summed E-state index contributed by atoms with van der Waals surface area (Å²) in [6.45, 7) is 2.98. The first kappa shape index (κ1) is 13.5. The maximum absolute atomic E-state index is 14.1. The van der Waals surface area contributed by atoms with Gasteiger partial charge in [0.05, 0.1) is 7.11 Å². The van der Waals surface area contributed by atoms with Crippen LogP contribution in [0.2, 0.25) is 0 Å². The smallest absolute Gasteiger partial charge is 0.169 e. The lowest BCUT2D eigenvalue weighted by molar-refractivity contribution is 0.166. The maximum atomic E-state index is 14.1. The summed E-state index contributed by atoms with van der Waals surface area (Å²) >= 11 is 0. The Morgan fingerprint density at radius 1 is 1.40 bits per heavy atom. The Morgan fingerprint density at radius 3 is 3.00 bits per heavy atom. The molecule has 0 amide bonds. The summed E-state index contributed by atoms with van der Waals surface area (Å²) in [5.74, 6) is 1.54. The number of ether oxygens (including phenoxy) is 3. The van der Waals surface area contributed by atoms with Crippen molar-refractivity contribution in [2.45, 2.75) is 19.3 Å². The lowest BCUT2D eigenvalue weighted by Gasteiger charge is -2.27. The van der Waals surface area contributed by atoms with Crippen molar-refractivity contribution in [1.82, 2.24) is 5.32 Å². The van der Waals surface area contributed by atoms with Crippen molar-refractivity contribution >= 4 is 0 Å². The van der Waals surface area contributed by atoms with E-state index in [1.54, 1.807) is 0 Å². The van der Waals surface area contributed by atoms with Crippen molar-refractivity contribution < 1.29 is 18.6 Å². The van der Waals surface area contributed by atoms with Crippen LogP contribution in [0.25, 0.3) is 0 Å². The van der Waals surface area contributed by atoms with Crippen LogP contribution in [-0.2, 0) is 6.42 Å². The molecule has 20 heavy (non-hydrogen) atoms. The van der Waals surface area contributed by atoms with E-state index in [2.05, 4.69) is 5.32 Å². The van der Waals surface area contributed by atoms with E-state index in [-0.39, 0.29) is 5.82 Å². The van der Waals surface area contributed by atoms with E-state index >= 15 is 0 Å². The van der Waals surface area contributed by atoms with Crippen molar-refractivity contribution in [3.8, 4) is 17.2 Å². The molecule has 1 saturated heterocycles. The van der Waals surface area contributed by atoms with Crippen LogP contribution in [0.1, 0.15) is 18.4 Å². The van der Waals surface area contributed by atoms with Gasteiger partial charge in [0.2, 0.25) is 0 Å². The fraction of sp³-hybridized carbons (Fsp3) is 0.600. The van der Waals surface area contributed by atoms with Gasteiger partial charge in [-0.1, -0.05) is 0 Å². The molecule has 0 spiro atoms. The largest absolute Gasteiger partial charge is 0.493 e. The molecule has 1 aromatic rings. The molecule has 1 N–H and O–H groups in total. The number of fused-ring (bicyclic) bond motifs is 1. The van der Waals surface area contributed by atoms with Gasteiger partial charge >= 0.3 is 0 Å². The molecule has 0 radical (unpaired) electrons. The van der Waals surface area contributed by atoms with Gasteiger partial charge in [-0.3, -0.25) is 0 Å². The molecule has 1 unspecified atom stereocenters. The van der Waals surface area contributed by atoms with Gasteiger partial charge in [0, 0.05) is 11.6 Å². The summed E-state index contributed by atoms with van der Waals surface area (Å²) in [5, 5.41) is 3.38. The Bertz CT molecular complexity index is 486. The molecule has 1 atom stereocenters. The minimum atomic E-state index is -0.379. The zero-order chi connectivity index (χ0) is 13.9. The zero-order valence-corrected chi connectivity index (χ0v) is 11.7. The molecular weight excluding hydrogens is 261 g/mol. The highest BCUT2D eigenvalue weighted by atomic mass is 19.1. The van der Waals surface area contributed by atoms with Gasteiger partial charge in [-0.25, -0.2) is 4.39 Å². The highest BCUT2D eigenvalue weighted by Crippen LogP contribution is 2.42. The molecule has 110 valence electrons. The van der Waals surface area contributed by atoms with E-state index in [1.165, 1.54) is 13.2 Å². The fourth-order valence-electron chi connectivity index (χ4n) is 3.00. The number of methoxy groups -OCH3 is 1. The number of piperidine rings is 1. The van der Waals surface area contributed by atoms with Crippen molar-refractivity contribution in [3.05, 3.63) is 17.4 Å². The summed E-state index contributed by atoms with van der Waals surface area (Å²) in [7, 11) is 1.50. The molecule has 3 rings (SSSR count). The second-order valence-corrected chi connectivity index (χ2v) is 5.31. The summed E-state index contributed by atoms with van der Waals surface area (Å²) in [6.07, 6.45) is 3.05. The minimum Gasteiger partial charge on any atom is -0.493 e. The van der Waals surface area contributed by atoms with E-state index in [0.717, 1.165) is 37.9 Å². The zero-order valence-electron chi connectivity index (χ0n) is 11.7. The molecule has 2 aliphatic rings. The molecule has 1 fully saturated rings. The fourth-order valence-corrected chi connectivity index (χ4v) is 3.00. The minimum absolute atomic E-state index is 0.292. The van der Waals surface area contributed by atoms with E-state index in [4.69, 9.17) is 14.2 Å². The summed E-state index contributed by atoms with van der Waals surface area (Å²) < 4.78 is 30.6. The third kappa shape index (κ3) is 2.54. The summed E-state index contributed by atoms with van der Waals surface area (Å²) in [5.41, 5.74) is 0.802. The topological polar surface area (TPSA) is 39.7 Å². The highest BCUT2D eigenvalue weighted by Gasteiger charge is 2.26. The predicted octanol–water partition coefficient (Wildman–Crippen LogP) is 2.15. The molecule has 4 nitrogen and oxygen atoms in total. The second-order valence-electron chi connectivity index (χ2n) is 5.31. The number of benzene rings is 1. The van der Waals surface area contributed by atoms with Gasteiger partial charge in [0.1, 0.15) is 13.2 Å². The molecule has 5 heteroatoms. The van der Waals surface area contributed by atoms with Crippen LogP contribution in [0.15, 0.2) is 6.07 Å². The van der Waals surface area contributed by atoms with E-state index < -0.39 is 0 Å². The van der Waals surface area contributed by atoms with Crippen molar-refractivity contribution in [2.24, 2.45) is 5.92 Å². The Labute approximate surface area is 118 Å². The standard InChI is InChI=1S/C15H20FNO3/c1-18-14-11(7-10-3-2-4-17-9-10)15-13(8-12(14)16)19-5-6-20-15/h8,10,17H,2-7,9H2,1H3. The van der Waals surface area contributed by atoms with E-state index in [0.29, 0.717) is 36.4 Å². The molecule has 1 aromatic carbocycles. The summed E-state index contributed by atoms with van der Waals surface area (Å²) in [6, 6.07) is 1.36. The first-order chi connectivity index (χ1) is 9.79. The van der Waals surface area contributed by atoms with Crippen molar-refractivity contribution in [3.63, 3.8) is 0 Å². The SMILES string of the molecule is COc1c(F)cc2c(c1CC1CCCNC1)OCCO2. The van der Waals surface area contributed by atoms with Gasteiger partial charge in [-0.15, -0.1) is 0 Å². The third-order valence-electron chi connectivity index (χ3n) is 3.93. The highest BCUT2D eigenvalue weighted by molar-refractivity contribution is 5.55. The van der Waals surface area contributed by atoms with Crippen LogP contribution in [0.4, 0.5) is 4.39 Å². The monoisotopic (exact) mass is 281 g/mol. The Hall–Kier alpha value is -1.49. The predicted molar refractivity (Wildman–Crippen MR) is 73.2 cm³/mol. The normalized spacial score (nSPS) is 21.6. The van der Waals surface area contributed by atoms with Gasteiger partial charge in [-0.2, -0.15) is 0 Å². The van der Waals surface area contributed by atoms with Crippen LogP contribution < -0.4 is 19.5 Å². The number of halogens is 1. The average molecular weight is 281 g/mol. The van der Waals surface area contributed by atoms with Gasteiger partial charge in [0.15, 0.2) is 23.1 Å². The van der Waals surface area contributed by atoms with E-state index in [9.17, 15) is 4.39 Å². The number of nitrogens with one attached hydrogen (secondary N) is 1. The first-order valence-corrected chi connectivity index (χ1v) is 7.15. The van der Waals surface area contributed by atoms with Crippen LogP contribution in [0, 0.1) is 11.7 Å². The van der Waals surface area contributed by atoms with Gasteiger partial charge < -0.3 is 19.5 Å². The lowest BCUT2D eigenvalue weighted by Crippen LogP contribution is -2.31. The van der Waals surface area contributed by atoms with Crippen LogP contribution in [-0.4, -0.2) is 33.4 Å². The van der Waals surface area contributed by atoms with E-state index in [1.807, 2.05) is 0 Å². The molecule has 2 aliphatic heterocycles. The molecule has 0 bridgehead atoms. The molecule has 0 aromatic heterocycles. The Kier molecular flexibility index (Phi) is 3.96. The van der Waals surface area contributed by atoms with Gasteiger partial charge in [-0.05, 0) is 38.3 Å². The molecule has 0 saturated carbocycles. The Morgan fingerprint density at radius 2 is 2.25 bits per heavy atom. The Balaban J connectivity index is 1.95. The van der Waals surface area contributed by atoms with Crippen molar-refractivity contribution in [1.29, 1.82) is 0 Å². The summed E-state index contributed by atoms with van der Waals surface area (Å²) in [4.78, 5) is 0. The second kappa shape index (κ2) is 5.87. The van der Waals surface area contributed by atoms with Gasteiger partial charge in [0.25, 0.3) is 0 Å². The number of rotatable bonds is 3.